The summed E-state index contributed by atoms with van der Waals surface area (Å²) in [5, 5.41) is 0.361. The summed E-state index contributed by atoms with van der Waals surface area (Å²) < 4.78 is 40.9. The quantitative estimate of drug-likeness (QED) is 0.729. The lowest BCUT2D eigenvalue weighted by molar-refractivity contribution is 0.112. The Labute approximate surface area is 157 Å². The highest BCUT2D eigenvalue weighted by Gasteiger charge is 2.30. The number of piperazine rings is 1. The van der Waals surface area contributed by atoms with Gasteiger partial charge in [0.1, 0.15) is 5.82 Å². The van der Waals surface area contributed by atoms with Crippen LogP contribution in [0.15, 0.2) is 47.4 Å². The number of halogens is 2. The molecule has 0 amide bonds. The molecular formula is C18H18ClFN2O3S. The zero-order chi connectivity index (χ0) is 18.7. The largest absolute Gasteiger partial charge is 0.298 e. The molecule has 0 N–H and O–H groups in total. The summed E-state index contributed by atoms with van der Waals surface area (Å²) in [6, 6.07) is 10.7. The predicted molar refractivity (Wildman–Crippen MR) is 97.3 cm³/mol. The number of nitrogens with zero attached hydrogens (tertiary/aromatic N) is 2. The molecule has 0 saturated carbocycles. The first-order valence-corrected chi connectivity index (χ1v) is 9.95. The molecule has 1 aliphatic heterocycles. The molecule has 0 spiro atoms. The maximum absolute atomic E-state index is 13.9. The van der Waals surface area contributed by atoms with Gasteiger partial charge in [0.05, 0.1) is 4.90 Å². The molecule has 0 aromatic heterocycles. The summed E-state index contributed by atoms with van der Waals surface area (Å²) in [5.41, 5.74) is 0.560. The van der Waals surface area contributed by atoms with Crippen LogP contribution in [0.25, 0.3) is 0 Å². The van der Waals surface area contributed by atoms with Gasteiger partial charge >= 0.3 is 0 Å². The van der Waals surface area contributed by atoms with Crippen LogP contribution in [0.3, 0.4) is 0 Å². The van der Waals surface area contributed by atoms with Gasteiger partial charge in [-0.3, -0.25) is 9.69 Å². The Bertz CT molecular complexity index is 892. The lowest BCUT2D eigenvalue weighted by Gasteiger charge is -2.34. The van der Waals surface area contributed by atoms with E-state index < -0.39 is 10.0 Å². The van der Waals surface area contributed by atoms with Crippen LogP contribution >= 0.6 is 11.6 Å². The van der Waals surface area contributed by atoms with Gasteiger partial charge in [0.2, 0.25) is 10.0 Å². The predicted octanol–water partition coefficient (Wildman–Crippen LogP) is 2.80. The third kappa shape index (κ3) is 3.81. The summed E-state index contributed by atoms with van der Waals surface area (Å²) in [6.45, 7) is 1.76. The fourth-order valence-corrected chi connectivity index (χ4v) is 4.80. The Morgan fingerprint density at radius 1 is 1.04 bits per heavy atom. The Kier molecular flexibility index (Phi) is 5.72. The number of carbonyl (C=O) groups excluding carboxylic acids is 1. The smallest absolute Gasteiger partial charge is 0.243 e. The van der Waals surface area contributed by atoms with Crippen LogP contribution in [0.5, 0.6) is 0 Å². The standard InChI is InChI=1S/C18H18ClFN2O3S/c19-16-5-3-6-17(20)15(16)12-21-8-10-22(11-9-21)26(24,25)18-7-2-1-4-14(18)13-23/h1-7,13H,8-12H2. The van der Waals surface area contributed by atoms with E-state index >= 15 is 0 Å². The maximum Gasteiger partial charge on any atom is 0.243 e. The van der Waals surface area contributed by atoms with E-state index in [9.17, 15) is 17.6 Å². The van der Waals surface area contributed by atoms with E-state index in [0.29, 0.717) is 36.5 Å². The van der Waals surface area contributed by atoms with Gasteiger partial charge in [-0.05, 0) is 18.2 Å². The van der Waals surface area contributed by atoms with Crippen molar-refractivity contribution in [1.29, 1.82) is 0 Å². The molecule has 1 heterocycles. The average Bonchev–Trinajstić information content (AvgIpc) is 2.65. The average molecular weight is 397 g/mol. The molecule has 0 aliphatic carbocycles. The van der Waals surface area contributed by atoms with Gasteiger partial charge in [0.15, 0.2) is 6.29 Å². The fraction of sp³-hybridized carbons (Fsp3) is 0.278. The van der Waals surface area contributed by atoms with Crippen molar-refractivity contribution in [3.8, 4) is 0 Å². The number of sulfonamides is 1. The molecule has 0 radical (unpaired) electrons. The minimum atomic E-state index is -3.74. The molecule has 0 unspecified atom stereocenters. The van der Waals surface area contributed by atoms with E-state index in [1.54, 1.807) is 24.3 Å². The van der Waals surface area contributed by atoms with Crippen molar-refractivity contribution in [3.63, 3.8) is 0 Å². The molecule has 0 atom stereocenters. The zero-order valence-electron chi connectivity index (χ0n) is 13.9. The van der Waals surface area contributed by atoms with E-state index in [1.807, 2.05) is 4.90 Å². The van der Waals surface area contributed by atoms with Gasteiger partial charge in [0, 0.05) is 48.9 Å². The summed E-state index contributed by atoms with van der Waals surface area (Å²) in [4.78, 5) is 13.1. The number of benzene rings is 2. The molecule has 26 heavy (non-hydrogen) atoms. The molecule has 138 valence electrons. The van der Waals surface area contributed by atoms with Gasteiger partial charge < -0.3 is 0 Å². The fourth-order valence-electron chi connectivity index (χ4n) is 2.99. The first-order chi connectivity index (χ1) is 12.4. The van der Waals surface area contributed by atoms with Crippen molar-refractivity contribution in [3.05, 3.63) is 64.4 Å². The Morgan fingerprint density at radius 3 is 2.38 bits per heavy atom. The van der Waals surface area contributed by atoms with E-state index in [-0.39, 0.29) is 29.4 Å². The van der Waals surface area contributed by atoms with Crippen LogP contribution in [0, 0.1) is 5.82 Å². The molecule has 8 heteroatoms. The summed E-state index contributed by atoms with van der Waals surface area (Å²) in [5.74, 6) is -0.368. The molecule has 2 aromatic rings. The van der Waals surface area contributed by atoms with Gasteiger partial charge in [0.25, 0.3) is 0 Å². The Balaban J connectivity index is 1.71. The van der Waals surface area contributed by atoms with Crippen molar-refractivity contribution in [1.82, 2.24) is 9.21 Å². The highest BCUT2D eigenvalue weighted by atomic mass is 35.5. The summed E-state index contributed by atoms with van der Waals surface area (Å²) in [6.07, 6.45) is 0.545. The molecular weight excluding hydrogens is 379 g/mol. The first kappa shape index (κ1) is 19.0. The van der Waals surface area contributed by atoms with Crippen LogP contribution in [-0.4, -0.2) is 50.1 Å². The van der Waals surface area contributed by atoms with Crippen molar-refractivity contribution in [2.75, 3.05) is 26.2 Å². The number of hydrogen-bond donors (Lipinski definition) is 0. The van der Waals surface area contributed by atoms with Gasteiger partial charge in [-0.25, -0.2) is 12.8 Å². The van der Waals surface area contributed by atoms with Crippen LogP contribution in [0.1, 0.15) is 15.9 Å². The second-order valence-electron chi connectivity index (χ2n) is 6.04. The topological polar surface area (TPSA) is 57.7 Å². The van der Waals surface area contributed by atoms with Crippen LogP contribution in [0.2, 0.25) is 5.02 Å². The molecule has 1 saturated heterocycles. The molecule has 1 aliphatic rings. The Morgan fingerprint density at radius 2 is 1.73 bits per heavy atom. The van der Waals surface area contributed by atoms with Crippen LogP contribution in [0.4, 0.5) is 4.39 Å². The van der Waals surface area contributed by atoms with Gasteiger partial charge in [-0.15, -0.1) is 0 Å². The minimum absolute atomic E-state index is 0.0144. The van der Waals surface area contributed by atoms with E-state index in [1.165, 1.54) is 22.5 Å². The lowest BCUT2D eigenvalue weighted by atomic mass is 10.2. The number of rotatable bonds is 5. The zero-order valence-corrected chi connectivity index (χ0v) is 15.5. The number of hydrogen-bond acceptors (Lipinski definition) is 4. The monoisotopic (exact) mass is 396 g/mol. The second kappa shape index (κ2) is 7.84. The number of carbonyl (C=O) groups is 1. The summed E-state index contributed by atoms with van der Waals surface area (Å²) in [7, 11) is -3.74. The highest BCUT2D eigenvalue weighted by molar-refractivity contribution is 7.89. The Hall–Kier alpha value is -1.80. The van der Waals surface area contributed by atoms with E-state index in [0.717, 1.165) is 0 Å². The van der Waals surface area contributed by atoms with Gasteiger partial charge in [-0.1, -0.05) is 35.9 Å². The molecule has 1 fully saturated rings. The first-order valence-electron chi connectivity index (χ1n) is 8.13. The number of aldehydes is 1. The van der Waals surface area contributed by atoms with Crippen molar-refractivity contribution in [2.24, 2.45) is 0 Å². The summed E-state index contributed by atoms with van der Waals surface area (Å²) >= 11 is 6.06. The highest BCUT2D eigenvalue weighted by Crippen LogP contribution is 2.24. The molecule has 2 aromatic carbocycles. The normalized spacial score (nSPS) is 16.5. The SMILES string of the molecule is O=Cc1ccccc1S(=O)(=O)N1CCN(Cc2c(F)cccc2Cl)CC1. The molecule has 5 nitrogen and oxygen atoms in total. The third-order valence-corrected chi connectivity index (χ3v) is 6.77. The van der Waals surface area contributed by atoms with Crippen molar-refractivity contribution in [2.45, 2.75) is 11.4 Å². The second-order valence-corrected chi connectivity index (χ2v) is 8.35. The van der Waals surface area contributed by atoms with E-state index in [4.69, 9.17) is 11.6 Å². The van der Waals surface area contributed by atoms with Crippen molar-refractivity contribution < 1.29 is 17.6 Å². The van der Waals surface area contributed by atoms with E-state index in [2.05, 4.69) is 0 Å². The third-order valence-electron chi connectivity index (χ3n) is 4.44. The van der Waals surface area contributed by atoms with Crippen LogP contribution in [-0.2, 0) is 16.6 Å². The van der Waals surface area contributed by atoms with Gasteiger partial charge in [-0.2, -0.15) is 4.31 Å². The van der Waals surface area contributed by atoms with Crippen LogP contribution < -0.4 is 0 Å². The maximum atomic E-state index is 13.9. The lowest BCUT2D eigenvalue weighted by Crippen LogP contribution is -2.48. The minimum Gasteiger partial charge on any atom is -0.298 e. The molecule has 0 bridgehead atoms. The molecule has 3 rings (SSSR count). The van der Waals surface area contributed by atoms with Crippen molar-refractivity contribution >= 4 is 27.9 Å².